The Labute approximate surface area is 129 Å². The predicted molar refractivity (Wildman–Crippen MR) is 79.9 cm³/mol. The molecule has 2 aromatic heterocycles. The highest BCUT2D eigenvalue weighted by Gasteiger charge is 2.13. The molecule has 8 nitrogen and oxygen atoms in total. The van der Waals surface area contributed by atoms with Gasteiger partial charge in [-0.2, -0.15) is 5.10 Å². The second kappa shape index (κ2) is 6.94. The molecule has 0 saturated heterocycles. The van der Waals surface area contributed by atoms with Gasteiger partial charge in [0.1, 0.15) is 5.69 Å². The third kappa shape index (κ3) is 3.98. The standard InChI is InChI=1S/C13H14N4O4S/c1-3-21-11(19)6-8-7-22-13(14-8)15-12(20)9-4-5-10(18)17(2)16-9/h4-5,7H,3,6H2,1-2H3,(H,14,15,20). The molecule has 0 aromatic carbocycles. The van der Waals surface area contributed by atoms with Gasteiger partial charge in [-0.1, -0.05) is 0 Å². The van der Waals surface area contributed by atoms with E-state index >= 15 is 0 Å². The summed E-state index contributed by atoms with van der Waals surface area (Å²) in [5.41, 5.74) is 0.318. The summed E-state index contributed by atoms with van der Waals surface area (Å²) in [5, 5.41) is 8.43. The van der Waals surface area contributed by atoms with Crippen LogP contribution in [-0.2, 0) is 23.0 Å². The van der Waals surface area contributed by atoms with Crippen molar-refractivity contribution in [1.82, 2.24) is 14.8 Å². The number of nitrogens with zero attached hydrogens (tertiary/aromatic N) is 3. The molecule has 0 aliphatic heterocycles. The zero-order valence-corrected chi connectivity index (χ0v) is 12.8. The van der Waals surface area contributed by atoms with Crippen LogP contribution in [0.5, 0.6) is 0 Å². The van der Waals surface area contributed by atoms with Crippen LogP contribution in [0.3, 0.4) is 0 Å². The molecule has 0 fully saturated rings. The van der Waals surface area contributed by atoms with Crippen molar-refractivity contribution in [1.29, 1.82) is 0 Å². The largest absolute Gasteiger partial charge is 0.466 e. The molecule has 0 radical (unpaired) electrons. The highest BCUT2D eigenvalue weighted by molar-refractivity contribution is 7.14. The molecule has 22 heavy (non-hydrogen) atoms. The van der Waals surface area contributed by atoms with E-state index in [1.165, 1.54) is 30.5 Å². The number of nitrogens with one attached hydrogen (secondary N) is 1. The maximum Gasteiger partial charge on any atom is 0.311 e. The SMILES string of the molecule is CCOC(=O)Cc1csc(NC(=O)c2ccc(=O)n(C)n2)n1. The van der Waals surface area contributed by atoms with Crippen molar-refractivity contribution in [3.63, 3.8) is 0 Å². The Balaban J connectivity index is 2.03. The fourth-order valence-corrected chi connectivity index (χ4v) is 2.30. The van der Waals surface area contributed by atoms with Crippen molar-refractivity contribution in [3.8, 4) is 0 Å². The number of rotatable bonds is 5. The lowest BCUT2D eigenvalue weighted by molar-refractivity contribution is -0.142. The third-order valence-electron chi connectivity index (χ3n) is 2.60. The van der Waals surface area contributed by atoms with E-state index in [1.807, 2.05) is 0 Å². The summed E-state index contributed by atoms with van der Waals surface area (Å²) in [6, 6.07) is 2.60. The van der Waals surface area contributed by atoms with E-state index < -0.39 is 5.91 Å². The highest BCUT2D eigenvalue weighted by Crippen LogP contribution is 2.16. The van der Waals surface area contributed by atoms with Crippen LogP contribution < -0.4 is 10.9 Å². The monoisotopic (exact) mass is 322 g/mol. The molecule has 0 saturated carbocycles. The van der Waals surface area contributed by atoms with Crippen LogP contribution in [0, 0.1) is 0 Å². The first-order valence-corrected chi connectivity index (χ1v) is 7.33. The molecule has 0 spiro atoms. The van der Waals surface area contributed by atoms with Gasteiger partial charge in [0.15, 0.2) is 5.13 Å². The second-order valence-corrected chi connectivity index (χ2v) is 5.12. The molecule has 0 aliphatic carbocycles. The Hall–Kier alpha value is -2.55. The van der Waals surface area contributed by atoms with Crippen molar-refractivity contribution in [2.75, 3.05) is 11.9 Å². The van der Waals surface area contributed by atoms with Crippen molar-refractivity contribution in [2.45, 2.75) is 13.3 Å². The van der Waals surface area contributed by atoms with Gasteiger partial charge in [0, 0.05) is 18.5 Å². The average molecular weight is 322 g/mol. The Morgan fingerprint density at radius 3 is 2.86 bits per heavy atom. The summed E-state index contributed by atoms with van der Waals surface area (Å²) >= 11 is 1.19. The van der Waals surface area contributed by atoms with Crippen molar-refractivity contribution < 1.29 is 14.3 Å². The van der Waals surface area contributed by atoms with Gasteiger partial charge in [-0.3, -0.25) is 19.7 Å². The summed E-state index contributed by atoms with van der Waals surface area (Å²) in [5.74, 6) is -0.849. The molecule has 0 atom stereocenters. The number of hydrogen-bond acceptors (Lipinski definition) is 7. The quantitative estimate of drug-likeness (QED) is 0.808. The number of aromatic nitrogens is 3. The second-order valence-electron chi connectivity index (χ2n) is 4.26. The Morgan fingerprint density at radius 1 is 1.41 bits per heavy atom. The fourth-order valence-electron chi connectivity index (χ4n) is 1.59. The Morgan fingerprint density at radius 2 is 2.18 bits per heavy atom. The van der Waals surface area contributed by atoms with Crippen LogP contribution in [0.1, 0.15) is 23.1 Å². The normalized spacial score (nSPS) is 10.3. The summed E-state index contributed by atoms with van der Waals surface area (Å²) < 4.78 is 5.90. The molecule has 1 N–H and O–H groups in total. The topological polar surface area (TPSA) is 103 Å². The molecule has 0 bridgehead atoms. The van der Waals surface area contributed by atoms with Crippen LogP contribution in [0.2, 0.25) is 0 Å². The number of aryl methyl sites for hydroxylation is 1. The van der Waals surface area contributed by atoms with Crippen molar-refractivity contribution in [2.24, 2.45) is 7.05 Å². The first-order valence-electron chi connectivity index (χ1n) is 6.45. The summed E-state index contributed by atoms with van der Waals surface area (Å²) in [6.07, 6.45) is 0.0539. The zero-order valence-electron chi connectivity index (χ0n) is 12.0. The zero-order chi connectivity index (χ0) is 16.1. The maximum absolute atomic E-state index is 12.0. The summed E-state index contributed by atoms with van der Waals surface area (Å²) in [7, 11) is 1.46. The number of anilines is 1. The Kier molecular flexibility index (Phi) is 4.99. The van der Waals surface area contributed by atoms with E-state index in [0.717, 1.165) is 4.68 Å². The van der Waals surface area contributed by atoms with E-state index in [1.54, 1.807) is 12.3 Å². The highest BCUT2D eigenvalue weighted by atomic mass is 32.1. The van der Waals surface area contributed by atoms with Crippen LogP contribution in [0.25, 0.3) is 0 Å². The van der Waals surface area contributed by atoms with E-state index in [-0.39, 0.29) is 23.6 Å². The summed E-state index contributed by atoms with van der Waals surface area (Å²) in [6.45, 7) is 2.04. The first kappa shape index (κ1) is 15.8. The van der Waals surface area contributed by atoms with E-state index in [9.17, 15) is 14.4 Å². The Bertz CT molecular complexity index is 752. The fraction of sp³-hybridized carbons (Fsp3) is 0.308. The number of ether oxygens (including phenoxy) is 1. The average Bonchev–Trinajstić information content (AvgIpc) is 2.89. The van der Waals surface area contributed by atoms with E-state index in [0.29, 0.717) is 17.4 Å². The van der Waals surface area contributed by atoms with Crippen LogP contribution >= 0.6 is 11.3 Å². The number of hydrogen-bond donors (Lipinski definition) is 1. The number of esters is 1. The minimum Gasteiger partial charge on any atom is -0.466 e. The van der Waals surface area contributed by atoms with Crippen LogP contribution in [0.4, 0.5) is 5.13 Å². The summed E-state index contributed by atoms with van der Waals surface area (Å²) in [4.78, 5) is 38.7. The molecule has 116 valence electrons. The van der Waals surface area contributed by atoms with Crippen molar-refractivity contribution in [3.05, 3.63) is 39.3 Å². The molecular formula is C13H14N4O4S. The van der Waals surface area contributed by atoms with Crippen molar-refractivity contribution >= 4 is 28.3 Å². The molecule has 2 aromatic rings. The smallest absolute Gasteiger partial charge is 0.311 e. The van der Waals surface area contributed by atoms with Gasteiger partial charge in [-0.05, 0) is 13.0 Å². The van der Waals surface area contributed by atoms with Gasteiger partial charge >= 0.3 is 5.97 Å². The first-order chi connectivity index (χ1) is 10.5. The molecule has 9 heteroatoms. The van der Waals surface area contributed by atoms with Crippen LogP contribution in [0.15, 0.2) is 22.3 Å². The van der Waals surface area contributed by atoms with Gasteiger partial charge in [0.05, 0.1) is 18.7 Å². The number of amides is 1. The lowest BCUT2D eigenvalue weighted by Crippen LogP contribution is -2.23. The van der Waals surface area contributed by atoms with Gasteiger partial charge < -0.3 is 4.74 Å². The lowest BCUT2D eigenvalue weighted by Gasteiger charge is -2.02. The molecule has 2 rings (SSSR count). The van der Waals surface area contributed by atoms with E-state index in [4.69, 9.17) is 4.74 Å². The third-order valence-corrected chi connectivity index (χ3v) is 3.40. The molecule has 0 unspecified atom stereocenters. The number of thiazole rings is 1. The van der Waals surface area contributed by atoms with E-state index in [2.05, 4.69) is 15.4 Å². The van der Waals surface area contributed by atoms with Gasteiger partial charge in [-0.15, -0.1) is 11.3 Å². The van der Waals surface area contributed by atoms with Gasteiger partial charge in [0.2, 0.25) is 0 Å². The molecule has 2 heterocycles. The molecule has 0 aliphatic rings. The lowest BCUT2D eigenvalue weighted by atomic mass is 10.3. The van der Waals surface area contributed by atoms with Gasteiger partial charge in [0.25, 0.3) is 11.5 Å². The number of carbonyl (C=O) groups is 2. The van der Waals surface area contributed by atoms with Crippen LogP contribution in [-0.4, -0.2) is 33.2 Å². The minimum atomic E-state index is -0.479. The molecular weight excluding hydrogens is 308 g/mol. The maximum atomic E-state index is 12.0. The van der Waals surface area contributed by atoms with Gasteiger partial charge in [-0.25, -0.2) is 9.67 Å². The number of carbonyl (C=O) groups excluding carboxylic acids is 2. The minimum absolute atomic E-state index is 0.0539. The molecule has 1 amide bonds. The predicted octanol–water partition coefficient (Wildman–Crippen LogP) is 0.595.